The average Bonchev–Trinajstić information content (AvgIpc) is 2.84. The zero-order valence-electron chi connectivity index (χ0n) is 11.4. The van der Waals surface area contributed by atoms with Crippen LogP contribution in [0.4, 0.5) is 17.4 Å². The first-order chi connectivity index (χ1) is 10.0. The molecule has 2 aromatic rings. The van der Waals surface area contributed by atoms with Gasteiger partial charge in [-0.25, -0.2) is 0 Å². The van der Waals surface area contributed by atoms with Crippen LogP contribution in [0.5, 0.6) is 0 Å². The summed E-state index contributed by atoms with van der Waals surface area (Å²) in [4.78, 5) is 22.7. The number of carbonyl (C=O) groups excluding carboxylic acids is 1. The molecule has 0 saturated carbocycles. The molecule has 0 aliphatic carbocycles. The molecule has 0 unspecified atom stereocenters. The zero-order valence-corrected chi connectivity index (χ0v) is 11.4. The Morgan fingerprint density at radius 3 is 2.76 bits per heavy atom. The Kier molecular flexibility index (Phi) is 4.12. The summed E-state index contributed by atoms with van der Waals surface area (Å²) in [5.74, 6) is -0.411. The van der Waals surface area contributed by atoms with E-state index in [1.165, 1.54) is 12.1 Å². The summed E-state index contributed by atoms with van der Waals surface area (Å²) in [5, 5.41) is 23.6. The number of nitro benzene ring substituents is 1. The molecule has 0 fully saturated rings. The maximum Gasteiger partial charge on any atom is 0.322 e. The molecule has 0 radical (unpaired) electrons. The van der Waals surface area contributed by atoms with E-state index in [2.05, 4.69) is 20.8 Å². The number of aromatic nitrogens is 2. The van der Waals surface area contributed by atoms with Crippen LogP contribution < -0.4 is 10.6 Å². The van der Waals surface area contributed by atoms with Gasteiger partial charge in [0.2, 0.25) is 5.89 Å². The van der Waals surface area contributed by atoms with E-state index in [-0.39, 0.29) is 28.8 Å². The molecule has 0 bridgehead atoms. The summed E-state index contributed by atoms with van der Waals surface area (Å²) >= 11 is 0. The molecule has 1 heterocycles. The van der Waals surface area contributed by atoms with Crippen LogP contribution >= 0.6 is 0 Å². The number of amides is 1. The molecule has 0 saturated heterocycles. The van der Waals surface area contributed by atoms with Gasteiger partial charge in [0.1, 0.15) is 11.3 Å². The van der Waals surface area contributed by atoms with Crippen molar-refractivity contribution in [1.29, 1.82) is 0 Å². The molecule has 9 nitrogen and oxygen atoms in total. The summed E-state index contributed by atoms with van der Waals surface area (Å²) in [6.07, 6.45) is 0. The summed E-state index contributed by atoms with van der Waals surface area (Å²) in [6, 6.07) is 4.34. The van der Waals surface area contributed by atoms with E-state index in [0.717, 1.165) is 0 Å². The van der Waals surface area contributed by atoms with Crippen molar-refractivity contribution in [3.63, 3.8) is 0 Å². The molecule has 1 aromatic heterocycles. The fourth-order valence-corrected chi connectivity index (χ4v) is 1.77. The smallest absolute Gasteiger partial charge is 0.322 e. The Morgan fingerprint density at radius 2 is 2.19 bits per heavy atom. The minimum atomic E-state index is -0.690. The van der Waals surface area contributed by atoms with Gasteiger partial charge in [0, 0.05) is 13.5 Å². The number of benzene rings is 1. The van der Waals surface area contributed by atoms with Crippen LogP contribution in [0.15, 0.2) is 22.6 Å². The molecular weight excluding hydrogens is 278 g/mol. The molecule has 21 heavy (non-hydrogen) atoms. The number of hydrogen-bond acceptors (Lipinski definition) is 7. The van der Waals surface area contributed by atoms with Crippen molar-refractivity contribution in [3.8, 4) is 0 Å². The molecule has 9 heteroatoms. The largest absolute Gasteiger partial charge is 0.408 e. The van der Waals surface area contributed by atoms with E-state index < -0.39 is 10.8 Å². The van der Waals surface area contributed by atoms with Crippen LogP contribution in [0.2, 0.25) is 0 Å². The monoisotopic (exact) mass is 291 g/mol. The highest BCUT2D eigenvalue weighted by Gasteiger charge is 2.25. The first-order valence-electron chi connectivity index (χ1n) is 6.15. The fraction of sp³-hybridized carbons (Fsp3) is 0.250. The van der Waals surface area contributed by atoms with Crippen molar-refractivity contribution in [3.05, 3.63) is 39.8 Å². The van der Waals surface area contributed by atoms with E-state index in [9.17, 15) is 14.9 Å². The SMILES string of the molecule is CCNc1cccc(C(=O)Nc2nnc(C)o2)c1[N+](=O)[O-]. The second-order valence-corrected chi connectivity index (χ2v) is 4.07. The van der Waals surface area contributed by atoms with Gasteiger partial charge in [-0.05, 0) is 19.1 Å². The molecule has 0 aliphatic heterocycles. The number of nitrogens with one attached hydrogen (secondary N) is 2. The van der Waals surface area contributed by atoms with Crippen LogP contribution in [0, 0.1) is 17.0 Å². The highest BCUT2D eigenvalue weighted by atomic mass is 16.6. The van der Waals surface area contributed by atoms with E-state index in [1.54, 1.807) is 19.9 Å². The Labute approximate surface area is 119 Å². The van der Waals surface area contributed by atoms with E-state index in [1.807, 2.05) is 0 Å². The minimum Gasteiger partial charge on any atom is -0.408 e. The highest BCUT2D eigenvalue weighted by Crippen LogP contribution is 2.29. The third-order valence-corrected chi connectivity index (χ3v) is 2.58. The van der Waals surface area contributed by atoms with Gasteiger partial charge in [-0.1, -0.05) is 11.2 Å². The van der Waals surface area contributed by atoms with E-state index in [4.69, 9.17) is 4.42 Å². The molecule has 0 atom stereocenters. The van der Waals surface area contributed by atoms with Gasteiger partial charge >= 0.3 is 11.7 Å². The van der Waals surface area contributed by atoms with Gasteiger partial charge < -0.3 is 9.73 Å². The molecule has 1 amide bonds. The summed E-state index contributed by atoms with van der Waals surface area (Å²) in [5.41, 5.74) is -0.112. The van der Waals surface area contributed by atoms with Crippen molar-refractivity contribution in [2.45, 2.75) is 13.8 Å². The van der Waals surface area contributed by atoms with Crippen LogP contribution in [-0.4, -0.2) is 27.6 Å². The second kappa shape index (κ2) is 5.99. The highest BCUT2D eigenvalue weighted by molar-refractivity contribution is 6.07. The number of para-hydroxylation sites is 1. The number of hydrogen-bond donors (Lipinski definition) is 2. The van der Waals surface area contributed by atoms with Gasteiger partial charge in [0.25, 0.3) is 5.91 Å². The first-order valence-corrected chi connectivity index (χ1v) is 6.15. The third kappa shape index (κ3) is 3.14. The molecule has 1 aromatic carbocycles. The quantitative estimate of drug-likeness (QED) is 0.637. The number of nitrogens with zero attached hydrogens (tertiary/aromatic N) is 3. The Balaban J connectivity index is 2.35. The summed E-state index contributed by atoms with van der Waals surface area (Å²) < 4.78 is 5.01. The van der Waals surface area contributed by atoms with Crippen molar-refractivity contribution < 1.29 is 14.1 Å². The van der Waals surface area contributed by atoms with Crippen LogP contribution in [0.25, 0.3) is 0 Å². The molecule has 2 N–H and O–H groups in total. The Hall–Kier alpha value is -2.97. The maximum absolute atomic E-state index is 12.1. The maximum atomic E-state index is 12.1. The molecule has 110 valence electrons. The number of aryl methyl sites for hydroxylation is 1. The van der Waals surface area contributed by atoms with Crippen molar-refractivity contribution >= 4 is 23.3 Å². The zero-order chi connectivity index (χ0) is 15.4. The number of nitro groups is 1. The van der Waals surface area contributed by atoms with Crippen molar-refractivity contribution in [2.75, 3.05) is 17.2 Å². The summed E-state index contributed by atoms with van der Waals surface area (Å²) in [6.45, 7) is 3.86. The fourth-order valence-electron chi connectivity index (χ4n) is 1.77. The molecule has 2 rings (SSSR count). The van der Waals surface area contributed by atoms with Gasteiger partial charge in [-0.3, -0.25) is 20.2 Å². The number of carbonyl (C=O) groups is 1. The topological polar surface area (TPSA) is 123 Å². The molecular formula is C12H13N5O4. The standard InChI is InChI=1S/C12H13N5O4/c1-3-13-9-6-4-5-8(10(9)17(19)20)11(18)14-12-16-15-7(2)21-12/h4-6,13H,3H2,1-2H3,(H,14,16,18). The Morgan fingerprint density at radius 1 is 1.43 bits per heavy atom. The van der Waals surface area contributed by atoms with Gasteiger partial charge in [-0.15, -0.1) is 5.10 Å². The molecule has 0 aliphatic rings. The lowest BCUT2D eigenvalue weighted by atomic mass is 10.1. The van der Waals surface area contributed by atoms with Gasteiger partial charge in [-0.2, -0.15) is 0 Å². The lowest BCUT2D eigenvalue weighted by Gasteiger charge is -2.08. The lowest BCUT2D eigenvalue weighted by Crippen LogP contribution is -2.15. The lowest BCUT2D eigenvalue weighted by molar-refractivity contribution is -0.384. The van der Waals surface area contributed by atoms with Gasteiger partial charge in [0.15, 0.2) is 0 Å². The van der Waals surface area contributed by atoms with Crippen LogP contribution in [0.3, 0.4) is 0 Å². The summed E-state index contributed by atoms with van der Waals surface area (Å²) in [7, 11) is 0. The number of anilines is 2. The predicted molar refractivity (Wildman–Crippen MR) is 74.2 cm³/mol. The predicted octanol–water partition coefficient (Wildman–Crippen LogP) is 1.97. The van der Waals surface area contributed by atoms with Crippen molar-refractivity contribution in [2.24, 2.45) is 0 Å². The third-order valence-electron chi connectivity index (χ3n) is 2.58. The van der Waals surface area contributed by atoms with Crippen molar-refractivity contribution in [1.82, 2.24) is 10.2 Å². The minimum absolute atomic E-state index is 0.0886. The van der Waals surface area contributed by atoms with E-state index >= 15 is 0 Å². The first kappa shape index (κ1) is 14.4. The van der Waals surface area contributed by atoms with Gasteiger partial charge in [0.05, 0.1) is 4.92 Å². The van der Waals surface area contributed by atoms with Crippen LogP contribution in [-0.2, 0) is 0 Å². The molecule has 0 spiro atoms. The Bertz CT molecular complexity index is 682. The second-order valence-electron chi connectivity index (χ2n) is 4.07. The van der Waals surface area contributed by atoms with E-state index in [0.29, 0.717) is 6.54 Å². The van der Waals surface area contributed by atoms with Crippen LogP contribution in [0.1, 0.15) is 23.2 Å². The normalized spacial score (nSPS) is 10.2. The number of rotatable bonds is 5. The average molecular weight is 291 g/mol.